The van der Waals surface area contributed by atoms with Gasteiger partial charge in [-0.05, 0) is 64.5 Å². The molecule has 270 valence electrons. The van der Waals surface area contributed by atoms with Crippen molar-refractivity contribution in [3.05, 3.63) is 22.8 Å². The van der Waals surface area contributed by atoms with Crippen LogP contribution in [-0.4, -0.2) is 81.3 Å². The first-order chi connectivity index (χ1) is 22.3. The Morgan fingerprint density at radius 1 is 1.02 bits per heavy atom. The highest BCUT2D eigenvalue weighted by atomic mass is 16.6. The standard InChI is InChI=1S/C36H54O12/c1-11-19(4)16-14-15-17-25(38)45-29-27-26(22(7)28(29)46-32(40)21(6)13-3)30-36(43,35(10,42)33(41)47-30)24(44-31(39)20(5)12-2)18-34(27,9)48-23(8)37/h13,19-20,24,27-30,42-43H,11-12,14-18H2,1-10H3/b21-13-/t19?,20-,24-,27+,28-,29-,30-,34-,35+,36+/m0/s1. The topological polar surface area (TPSA) is 172 Å². The number of ether oxygens (including phenoxy) is 5. The first kappa shape index (κ1) is 39.2. The smallest absolute Gasteiger partial charge is 0.341 e. The van der Waals surface area contributed by atoms with E-state index >= 15 is 0 Å². The van der Waals surface area contributed by atoms with E-state index in [1.807, 2.05) is 0 Å². The van der Waals surface area contributed by atoms with Gasteiger partial charge in [0.25, 0.3) is 0 Å². The van der Waals surface area contributed by atoms with Crippen molar-refractivity contribution in [2.24, 2.45) is 17.8 Å². The lowest BCUT2D eigenvalue weighted by Gasteiger charge is -2.42. The molecule has 10 atom stereocenters. The van der Waals surface area contributed by atoms with E-state index in [-0.39, 0.29) is 23.1 Å². The van der Waals surface area contributed by atoms with Gasteiger partial charge >= 0.3 is 29.8 Å². The summed E-state index contributed by atoms with van der Waals surface area (Å²) in [6, 6.07) is 0. The van der Waals surface area contributed by atoms with Crippen LogP contribution in [0.2, 0.25) is 0 Å². The molecule has 0 amide bonds. The lowest BCUT2D eigenvalue weighted by atomic mass is 9.75. The van der Waals surface area contributed by atoms with Crippen LogP contribution in [0.25, 0.3) is 0 Å². The van der Waals surface area contributed by atoms with Gasteiger partial charge in [-0.3, -0.25) is 14.4 Å². The molecule has 3 rings (SSSR count). The van der Waals surface area contributed by atoms with Crippen LogP contribution in [0.4, 0.5) is 0 Å². The zero-order valence-corrected chi connectivity index (χ0v) is 30.0. The molecule has 2 fully saturated rings. The zero-order valence-electron chi connectivity index (χ0n) is 30.0. The molecule has 1 aliphatic heterocycles. The fourth-order valence-electron chi connectivity index (χ4n) is 6.99. The normalized spacial score (nSPS) is 34.3. The molecule has 12 heteroatoms. The maximum absolute atomic E-state index is 13.5. The second-order valence-corrected chi connectivity index (χ2v) is 14.2. The molecule has 0 aromatic rings. The van der Waals surface area contributed by atoms with Crippen LogP contribution >= 0.6 is 0 Å². The van der Waals surface area contributed by atoms with Gasteiger partial charge in [0, 0.05) is 25.3 Å². The summed E-state index contributed by atoms with van der Waals surface area (Å²) in [5, 5.41) is 24.0. The van der Waals surface area contributed by atoms with Crippen molar-refractivity contribution in [1.29, 1.82) is 0 Å². The number of hydrogen-bond acceptors (Lipinski definition) is 12. The average Bonchev–Trinajstić information content (AvgIpc) is 3.35. The maximum Gasteiger partial charge on any atom is 0.341 e. The fraction of sp³-hybridized carbons (Fsp3) is 0.750. The molecule has 1 saturated heterocycles. The Kier molecular flexibility index (Phi) is 12.3. The number of aliphatic hydroxyl groups is 2. The number of unbranched alkanes of at least 4 members (excludes halogenated alkanes) is 1. The third-order valence-electron chi connectivity index (χ3n) is 10.6. The number of fused-ring (bicyclic) bond motifs is 3. The largest absolute Gasteiger partial charge is 0.459 e. The van der Waals surface area contributed by atoms with Crippen molar-refractivity contribution < 1.29 is 57.9 Å². The summed E-state index contributed by atoms with van der Waals surface area (Å²) in [7, 11) is 0. The zero-order chi connectivity index (χ0) is 36.4. The van der Waals surface area contributed by atoms with Crippen LogP contribution in [0.15, 0.2) is 22.8 Å². The summed E-state index contributed by atoms with van der Waals surface area (Å²) in [5.74, 6) is -5.14. The summed E-state index contributed by atoms with van der Waals surface area (Å²) in [4.78, 5) is 65.8. The molecule has 0 aromatic heterocycles. The van der Waals surface area contributed by atoms with Gasteiger partial charge in [-0.25, -0.2) is 9.59 Å². The molecule has 1 heterocycles. The van der Waals surface area contributed by atoms with E-state index in [0.717, 1.165) is 26.2 Å². The van der Waals surface area contributed by atoms with E-state index in [9.17, 15) is 34.2 Å². The Balaban J connectivity index is 2.23. The molecular weight excluding hydrogens is 624 g/mol. The molecule has 0 bridgehead atoms. The second kappa shape index (κ2) is 15.1. The molecule has 0 radical (unpaired) electrons. The molecule has 0 spiro atoms. The third-order valence-corrected chi connectivity index (χ3v) is 10.6. The molecule has 2 N–H and O–H groups in total. The van der Waals surface area contributed by atoms with Crippen molar-refractivity contribution in [1.82, 2.24) is 0 Å². The van der Waals surface area contributed by atoms with Gasteiger partial charge in [0.05, 0.1) is 11.8 Å². The molecule has 1 unspecified atom stereocenters. The molecule has 2 aliphatic carbocycles. The summed E-state index contributed by atoms with van der Waals surface area (Å²) in [6.07, 6.45) is -0.878. The van der Waals surface area contributed by atoms with E-state index in [1.54, 1.807) is 40.7 Å². The maximum atomic E-state index is 13.5. The highest BCUT2D eigenvalue weighted by Gasteiger charge is 2.76. The highest BCUT2D eigenvalue weighted by Crippen LogP contribution is 2.57. The van der Waals surface area contributed by atoms with Crippen LogP contribution in [0.5, 0.6) is 0 Å². The number of esters is 5. The van der Waals surface area contributed by atoms with E-state index in [4.69, 9.17) is 23.7 Å². The quantitative estimate of drug-likeness (QED) is 0.0925. The number of rotatable bonds is 13. The predicted octanol–water partition coefficient (Wildman–Crippen LogP) is 4.42. The molecule has 48 heavy (non-hydrogen) atoms. The van der Waals surface area contributed by atoms with Gasteiger partial charge in [-0.15, -0.1) is 0 Å². The molecule has 0 aromatic carbocycles. The van der Waals surface area contributed by atoms with Crippen molar-refractivity contribution in [3.63, 3.8) is 0 Å². The van der Waals surface area contributed by atoms with Crippen LogP contribution in [0.3, 0.4) is 0 Å². The van der Waals surface area contributed by atoms with Gasteiger partial charge in [-0.1, -0.05) is 53.0 Å². The van der Waals surface area contributed by atoms with Crippen LogP contribution < -0.4 is 0 Å². The van der Waals surface area contributed by atoms with Crippen LogP contribution in [-0.2, 0) is 47.7 Å². The van der Waals surface area contributed by atoms with Crippen molar-refractivity contribution >= 4 is 29.8 Å². The molecule has 1 saturated carbocycles. The first-order valence-corrected chi connectivity index (χ1v) is 17.1. The highest BCUT2D eigenvalue weighted by molar-refractivity contribution is 5.88. The Bertz CT molecular complexity index is 1330. The minimum Gasteiger partial charge on any atom is -0.459 e. The second-order valence-electron chi connectivity index (χ2n) is 14.2. The minimum absolute atomic E-state index is 0.0685. The number of hydrogen-bond donors (Lipinski definition) is 2. The third kappa shape index (κ3) is 7.34. The van der Waals surface area contributed by atoms with Gasteiger partial charge < -0.3 is 33.9 Å². The number of carbonyl (C=O) groups is 5. The van der Waals surface area contributed by atoms with Crippen LogP contribution in [0, 0.1) is 17.8 Å². The molecule has 12 nitrogen and oxygen atoms in total. The monoisotopic (exact) mass is 678 g/mol. The predicted molar refractivity (Wildman–Crippen MR) is 173 cm³/mol. The summed E-state index contributed by atoms with van der Waals surface area (Å²) in [6.45, 7) is 16.2. The summed E-state index contributed by atoms with van der Waals surface area (Å²) >= 11 is 0. The van der Waals surface area contributed by atoms with Gasteiger partial charge in [0.2, 0.25) is 0 Å². The lowest BCUT2D eigenvalue weighted by molar-refractivity contribution is -0.214. The minimum atomic E-state index is -2.59. The van der Waals surface area contributed by atoms with Crippen molar-refractivity contribution in [2.45, 2.75) is 155 Å². The van der Waals surface area contributed by atoms with Crippen LogP contribution in [0.1, 0.15) is 114 Å². The van der Waals surface area contributed by atoms with E-state index < -0.39 is 89.3 Å². The average molecular weight is 679 g/mol. The lowest BCUT2D eigenvalue weighted by Crippen LogP contribution is -2.64. The fourth-order valence-corrected chi connectivity index (χ4v) is 6.99. The van der Waals surface area contributed by atoms with Gasteiger partial charge in [-0.2, -0.15) is 0 Å². The Morgan fingerprint density at radius 2 is 1.67 bits per heavy atom. The summed E-state index contributed by atoms with van der Waals surface area (Å²) in [5.41, 5.74) is -6.17. The van der Waals surface area contributed by atoms with Crippen molar-refractivity contribution in [2.75, 3.05) is 0 Å². The van der Waals surface area contributed by atoms with E-state index in [1.165, 1.54) is 13.8 Å². The Hall–Kier alpha value is -3.25. The number of carbonyl (C=O) groups excluding carboxylic acids is 5. The SMILES string of the molecule is C/C=C(/C)C(=O)O[C@H]1C(C)=C2[C@H]([C@@H]1OC(=O)CCCCC(C)CC)[C@@](C)(OC(C)=O)C[C@H](OC(=O)[C@@H](C)CC)[C@@]1(O)[C@H]2OC(=O)[C@@]1(C)O. The van der Waals surface area contributed by atoms with E-state index in [2.05, 4.69) is 13.8 Å². The first-order valence-electron chi connectivity index (χ1n) is 17.1. The van der Waals surface area contributed by atoms with Gasteiger partial charge in [0.1, 0.15) is 11.7 Å². The summed E-state index contributed by atoms with van der Waals surface area (Å²) < 4.78 is 29.6. The molecule has 3 aliphatic rings. The Labute approximate surface area is 283 Å². The van der Waals surface area contributed by atoms with Crippen molar-refractivity contribution in [3.8, 4) is 0 Å². The number of allylic oxidation sites excluding steroid dienone is 1. The Morgan fingerprint density at radius 3 is 2.23 bits per heavy atom. The van der Waals surface area contributed by atoms with E-state index in [0.29, 0.717) is 18.8 Å². The molecular formula is C36H54O12. The van der Waals surface area contributed by atoms with Gasteiger partial charge in [0.15, 0.2) is 29.5 Å².